The smallest absolute Gasteiger partial charge is 0.271 e. The first kappa shape index (κ1) is 20.5. The van der Waals surface area contributed by atoms with Gasteiger partial charge in [-0.05, 0) is 48.9 Å². The number of carbonyl (C=O) groups excluding carboxylic acids is 2. The standard InChI is InChI=1S/C23H20N4O3/c1-16-12-19(14-24-26-22(29)17-8-4-2-5-9-17)21(28)20(13-16)15-25-27-23(30)18-10-6-3-7-11-18/h2-15,28H,1H3,(H,26,29)(H,27,30). The number of nitrogens with zero attached hydrogens (tertiary/aromatic N) is 2. The van der Waals surface area contributed by atoms with E-state index in [0.717, 1.165) is 5.56 Å². The maximum absolute atomic E-state index is 12.0. The van der Waals surface area contributed by atoms with E-state index in [-0.39, 0.29) is 17.6 Å². The second kappa shape index (κ2) is 9.79. The van der Waals surface area contributed by atoms with Crippen LogP contribution in [0.5, 0.6) is 5.75 Å². The summed E-state index contributed by atoms with van der Waals surface area (Å²) in [6.45, 7) is 1.85. The van der Waals surface area contributed by atoms with E-state index in [0.29, 0.717) is 22.3 Å². The summed E-state index contributed by atoms with van der Waals surface area (Å²) < 4.78 is 0. The molecule has 0 aliphatic heterocycles. The Labute approximate surface area is 173 Å². The summed E-state index contributed by atoms with van der Waals surface area (Å²) in [6.07, 6.45) is 2.70. The van der Waals surface area contributed by atoms with Crippen LogP contribution in [-0.4, -0.2) is 29.4 Å². The van der Waals surface area contributed by atoms with Gasteiger partial charge in [-0.25, -0.2) is 10.9 Å². The quantitative estimate of drug-likeness (QED) is 0.437. The van der Waals surface area contributed by atoms with Crippen LogP contribution in [0.4, 0.5) is 0 Å². The number of rotatable bonds is 6. The minimum absolute atomic E-state index is 0.0731. The normalized spacial score (nSPS) is 11.0. The van der Waals surface area contributed by atoms with Gasteiger partial charge in [0.25, 0.3) is 11.8 Å². The van der Waals surface area contributed by atoms with Gasteiger partial charge in [0, 0.05) is 22.3 Å². The number of carbonyl (C=O) groups is 2. The van der Waals surface area contributed by atoms with E-state index in [2.05, 4.69) is 21.1 Å². The topological polar surface area (TPSA) is 103 Å². The highest BCUT2D eigenvalue weighted by atomic mass is 16.3. The third-order valence-corrected chi connectivity index (χ3v) is 4.12. The first-order valence-electron chi connectivity index (χ1n) is 9.15. The van der Waals surface area contributed by atoms with Crippen LogP contribution in [0, 0.1) is 6.92 Å². The summed E-state index contributed by atoms with van der Waals surface area (Å²) in [5.41, 5.74) is 7.44. The largest absolute Gasteiger partial charge is 0.507 e. The fraction of sp³-hybridized carbons (Fsp3) is 0.0435. The zero-order chi connectivity index (χ0) is 21.3. The first-order chi connectivity index (χ1) is 14.5. The van der Waals surface area contributed by atoms with Crippen molar-refractivity contribution in [2.24, 2.45) is 10.2 Å². The van der Waals surface area contributed by atoms with Crippen LogP contribution in [0.1, 0.15) is 37.4 Å². The average Bonchev–Trinajstić information content (AvgIpc) is 2.77. The van der Waals surface area contributed by atoms with Crippen molar-refractivity contribution in [1.29, 1.82) is 0 Å². The van der Waals surface area contributed by atoms with E-state index in [4.69, 9.17) is 0 Å². The molecule has 0 heterocycles. The number of hydrogen-bond acceptors (Lipinski definition) is 5. The monoisotopic (exact) mass is 400 g/mol. The Morgan fingerprint density at radius 1 is 0.767 bits per heavy atom. The molecule has 0 saturated carbocycles. The van der Waals surface area contributed by atoms with E-state index in [1.165, 1.54) is 12.4 Å². The minimum Gasteiger partial charge on any atom is -0.507 e. The summed E-state index contributed by atoms with van der Waals surface area (Å²) in [6, 6.07) is 20.8. The lowest BCUT2D eigenvalue weighted by molar-refractivity contribution is 0.0947. The average molecular weight is 400 g/mol. The zero-order valence-corrected chi connectivity index (χ0v) is 16.2. The predicted molar refractivity (Wildman–Crippen MR) is 116 cm³/mol. The predicted octanol–water partition coefficient (Wildman–Crippen LogP) is 3.23. The van der Waals surface area contributed by atoms with Gasteiger partial charge in [-0.15, -0.1) is 0 Å². The number of aromatic hydroxyl groups is 1. The van der Waals surface area contributed by atoms with Gasteiger partial charge in [0.1, 0.15) is 5.75 Å². The molecule has 0 radical (unpaired) electrons. The number of benzene rings is 3. The van der Waals surface area contributed by atoms with Gasteiger partial charge in [-0.2, -0.15) is 10.2 Å². The summed E-state index contributed by atoms with van der Waals surface area (Å²) >= 11 is 0. The SMILES string of the molecule is Cc1cc(C=NNC(=O)c2ccccc2)c(O)c(C=NNC(=O)c2ccccc2)c1. The van der Waals surface area contributed by atoms with Gasteiger partial charge in [0.05, 0.1) is 12.4 Å². The van der Waals surface area contributed by atoms with E-state index >= 15 is 0 Å². The van der Waals surface area contributed by atoms with Crippen molar-refractivity contribution in [3.8, 4) is 5.75 Å². The Morgan fingerprint density at radius 3 is 1.57 bits per heavy atom. The lowest BCUT2D eigenvalue weighted by Crippen LogP contribution is -2.17. The molecule has 2 amide bonds. The first-order valence-corrected chi connectivity index (χ1v) is 9.15. The van der Waals surface area contributed by atoms with Crippen LogP contribution < -0.4 is 10.9 Å². The Balaban J connectivity index is 1.68. The summed E-state index contributed by atoms with van der Waals surface area (Å²) in [7, 11) is 0. The van der Waals surface area contributed by atoms with Crippen LogP contribution in [0.25, 0.3) is 0 Å². The Hall–Kier alpha value is -4.26. The highest BCUT2D eigenvalue weighted by molar-refractivity contribution is 5.97. The molecule has 3 rings (SSSR count). The second-order valence-electron chi connectivity index (χ2n) is 6.42. The van der Waals surface area contributed by atoms with Crippen LogP contribution in [0.2, 0.25) is 0 Å². The van der Waals surface area contributed by atoms with E-state index in [9.17, 15) is 14.7 Å². The van der Waals surface area contributed by atoms with Crippen molar-refractivity contribution in [2.75, 3.05) is 0 Å². The molecule has 0 atom stereocenters. The molecule has 3 aromatic carbocycles. The molecule has 150 valence electrons. The lowest BCUT2D eigenvalue weighted by atomic mass is 10.1. The molecule has 0 aliphatic rings. The number of hydrazone groups is 2. The zero-order valence-electron chi connectivity index (χ0n) is 16.2. The van der Waals surface area contributed by atoms with Crippen molar-refractivity contribution in [2.45, 2.75) is 6.92 Å². The number of nitrogens with one attached hydrogen (secondary N) is 2. The molecular weight excluding hydrogens is 380 g/mol. The highest BCUT2D eigenvalue weighted by Crippen LogP contribution is 2.21. The lowest BCUT2D eigenvalue weighted by Gasteiger charge is -2.06. The summed E-state index contributed by atoms with van der Waals surface area (Å²) in [5, 5.41) is 18.3. The fourth-order valence-corrected chi connectivity index (χ4v) is 2.66. The number of phenolic OH excluding ortho intramolecular Hbond substituents is 1. The second-order valence-corrected chi connectivity index (χ2v) is 6.42. The molecule has 0 unspecified atom stereocenters. The molecule has 0 spiro atoms. The van der Waals surface area contributed by atoms with Gasteiger partial charge in [0.15, 0.2) is 0 Å². The van der Waals surface area contributed by atoms with Gasteiger partial charge >= 0.3 is 0 Å². The molecule has 0 aliphatic carbocycles. The van der Waals surface area contributed by atoms with Crippen LogP contribution in [0.15, 0.2) is 83.0 Å². The van der Waals surface area contributed by atoms with Crippen molar-refractivity contribution in [3.05, 3.63) is 101 Å². The number of amides is 2. The van der Waals surface area contributed by atoms with Gasteiger partial charge < -0.3 is 5.11 Å². The highest BCUT2D eigenvalue weighted by Gasteiger charge is 2.08. The van der Waals surface area contributed by atoms with Gasteiger partial charge in [0.2, 0.25) is 0 Å². The van der Waals surface area contributed by atoms with Crippen molar-refractivity contribution < 1.29 is 14.7 Å². The molecule has 0 aromatic heterocycles. The number of aryl methyl sites for hydroxylation is 1. The maximum Gasteiger partial charge on any atom is 0.271 e. The number of phenols is 1. The van der Waals surface area contributed by atoms with Crippen molar-refractivity contribution in [1.82, 2.24) is 10.9 Å². The van der Waals surface area contributed by atoms with Gasteiger partial charge in [-0.1, -0.05) is 36.4 Å². The van der Waals surface area contributed by atoms with Gasteiger partial charge in [-0.3, -0.25) is 9.59 Å². The summed E-state index contributed by atoms with van der Waals surface area (Å²) in [4.78, 5) is 24.1. The molecule has 3 aromatic rings. The Kier molecular flexibility index (Phi) is 6.68. The van der Waals surface area contributed by atoms with E-state index in [1.54, 1.807) is 60.7 Å². The van der Waals surface area contributed by atoms with Crippen molar-refractivity contribution >= 4 is 24.2 Å². The Bertz CT molecular complexity index is 1010. The number of hydrogen-bond donors (Lipinski definition) is 3. The molecule has 3 N–H and O–H groups in total. The minimum atomic E-state index is -0.357. The molecule has 7 nitrogen and oxygen atoms in total. The molecule has 0 fully saturated rings. The van der Waals surface area contributed by atoms with Crippen molar-refractivity contribution in [3.63, 3.8) is 0 Å². The maximum atomic E-state index is 12.0. The van der Waals surface area contributed by atoms with Crippen LogP contribution in [-0.2, 0) is 0 Å². The van der Waals surface area contributed by atoms with E-state index < -0.39 is 0 Å². The van der Waals surface area contributed by atoms with Crippen LogP contribution in [0.3, 0.4) is 0 Å². The molecule has 0 bridgehead atoms. The fourth-order valence-electron chi connectivity index (χ4n) is 2.66. The molecular formula is C23H20N4O3. The molecule has 30 heavy (non-hydrogen) atoms. The third-order valence-electron chi connectivity index (χ3n) is 4.12. The molecule has 7 heteroatoms. The van der Waals surface area contributed by atoms with Crippen LogP contribution >= 0.6 is 0 Å². The van der Waals surface area contributed by atoms with E-state index in [1.807, 2.05) is 19.1 Å². The summed E-state index contributed by atoms with van der Waals surface area (Å²) in [5.74, 6) is -0.787. The Morgan fingerprint density at radius 2 is 1.17 bits per heavy atom. The molecule has 0 saturated heterocycles. The third kappa shape index (κ3) is 5.39.